The number of aryl methyl sites for hydroxylation is 2. The molecule has 3 aromatic rings. The lowest BCUT2D eigenvalue weighted by atomic mass is 9.80. The van der Waals surface area contributed by atoms with Gasteiger partial charge in [0, 0.05) is 23.1 Å². The van der Waals surface area contributed by atoms with E-state index in [9.17, 15) is 15.3 Å². The fraction of sp³-hybridized carbons (Fsp3) is 0.280. The molecule has 1 aliphatic carbocycles. The molecular weight excluding hydrogens is 396 g/mol. The molecule has 3 N–H and O–H groups in total. The second kappa shape index (κ2) is 7.39. The molecule has 0 bridgehead atoms. The van der Waals surface area contributed by atoms with E-state index >= 15 is 0 Å². The Hall–Kier alpha value is -3.38. The molecule has 31 heavy (non-hydrogen) atoms. The molecular formula is C25H24O6. The van der Waals surface area contributed by atoms with Gasteiger partial charge in [-0.1, -0.05) is 6.07 Å². The van der Waals surface area contributed by atoms with E-state index in [2.05, 4.69) is 0 Å². The van der Waals surface area contributed by atoms with Gasteiger partial charge >= 0.3 is 0 Å². The predicted molar refractivity (Wildman–Crippen MR) is 115 cm³/mol. The average Bonchev–Trinajstić information content (AvgIpc) is 2.78. The van der Waals surface area contributed by atoms with Gasteiger partial charge in [0.05, 0.1) is 26.9 Å². The SMILES string of the molecule is COc1cc([C@H]2COc3cc4c(cc3[C@@H]2O)-c2c(cc(O)cc2OC)CC4)ccc1O. The third-order valence-electron chi connectivity index (χ3n) is 6.31. The van der Waals surface area contributed by atoms with Crippen LogP contribution in [0.3, 0.4) is 0 Å². The van der Waals surface area contributed by atoms with Crippen molar-refractivity contribution in [2.75, 3.05) is 20.8 Å². The Morgan fingerprint density at radius 1 is 0.903 bits per heavy atom. The molecule has 0 unspecified atom stereocenters. The molecule has 2 atom stereocenters. The zero-order chi connectivity index (χ0) is 21.7. The van der Waals surface area contributed by atoms with Gasteiger partial charge in [0.25, 0.3) is 0 Å². The van der Waals surface area contributed by atoms with Crippen molar-refractivity contribution >= 4 is 0 Å². The van der Waals surface area contributed by atoms with Crippen molar-refractivity contribution in [2.24, 2.45) is 0 Å². The third kappa shape index (κ3) is 3.15. The summed E-state index contributed by atoms with van der Waals surface area (Å²) in [5, 5.41) is 31.2. The van der Waals surface area contributed by atoms with Crippen LogP contribution in [0.1, 0.15) is 34.3 Å². The molecule has 6 nitrogen and oxygen atoms in total. The highest BCUT2D eigenvalue weighted by Gasteiger charge is 2.33. The molecule has 0 radical (unpaired) electrons. The summed E-state index contributed by atoms with van der Waals surface area (Å²) in [5.41, 5.74) is 5.63. The first kappa shape index (κ1) is 19.6. The first-order chi connectivity index (χ1) is 15.0. The van der Waals surface area contributed by atoms with Gasteiger partial charge in [-0.2, -0.15) is 0 Å². The molecule has 2 aliphatic rings. The molecule has 1 heterocycles. The summed E-state index contributed by atoms with van der Waals surface area (Å²) in [6.45, 7) is 0.328. The number of phenols is 2. The van der Waals surface area contributed by atoms with Crippen molar-refractivity contribution in [1.29, 1.82) is 0 Å². The van der Waals surface area contributed by atoms with E-state index in [1.165, 1.54) is 7.11 Å². The zero-order valence-electron chi connectivity index (χ0n) is 17.4. The number of fused-ring (bicyclic) bond motifs is 4. The topological polar surface area (TPSA) is 88.4 Å². The molecule has 0 aromatic heterocycles. The fourth-order valence-corrected chi connectivity index (χ4v) is 4.72. The van der Waals surface area contributed by atoms with E-state index < -0.39 is 6.10 Å². The van der Waals surface area contributed by atoms with Crippen LogP contribution < -0.4 is 14.2 Å². The zero-order valence-corrected chi connectivity index (χ0v) is 17.4. The number of aliphatic hydroxyl groups is 1. The van der Waals surface area contributed by atoms with Gasteiger partial charge in [0.15, 0.2) is 11.5 Å². The second-order valence-corrected chi connectivity index (χ2v) is 8.02. The number of phenolic OH excluding ortho intramolecular Hbond substituents is 2. The molecule has 1 aliphatic heterocycles. The molecule has 0 saturated carbocycles. The highest BCUT2D eigenvalue weighted by molar-refractivity contribution is 5.81. The van der Waals surface area contributed by atoms with E-state index in [1.807, 2.05) is 12.1 Å². The van der Waals surface area contributed by atoms with Crippen molar-refractivity contribution in [3.05, 3.63) is 64.7 Å². The van der Waals surface area contributed by atoms with Gasteiger partial charge in [0.2, 0.25) is 0 Å². The van der Waals surface area contributed by atoms with Crippen LogP contribution in [0.4, 0.5) is 0 Å². The first-order valence-electron chi connectivity index (χ1n) is 10.2. The summed E-state index contributed by atoms with van der Waals surface area (Å²) < 4.78 is 16.8. The van der Waals surface area contributed by atoms with Crippen LogP contribution in [-0.4, -0.2) is 36.1 Å². The van der Waals surface area contributed by atoms with Crippen molar-refractivity contribution in [1.82, 2.24) is 0 Å². The number of benzene rings is 3. The van der Waals surface area contributed by atoms with Gasteiger partial charge in [-0.25, -0.2) is 0 Å². The van der Waals surface area contributed by atoms with E-state index in [4.69, 9.17) is 14.2 Å². The van der Waals surface area contributed by atoms with Crippen molar-refractivity contribution in [2.45, 2.75) is 24.9 Å². The smallest absolute Gasteiger partial charge is 0.160 e. The van der Waals surface area contributed by atoms with Crippen LogP contribution in [0.15, 0.2) is 42.5 Å². The van der Waals surface area contributed by atoms with E-state index in [0.717, 1.165) is 40.7 Å². The Bertz CT molecular complexity index is 1150. The summed E-state index contributed by atoms with van der Waals surface area (Å²) in [6.07, 6.45) is 0.835. The van der Waals surface area contributed by atoms with Gasteiger partial charge < -0.3 is 29.5 Å². The summed E-state index contributed by atoms with van der Waals surface area (Å²) in [5.74, 6) is 1.60. The number of methoxy groups -OCH3 is 2. The Kier molecular flexibility index (Phi) is 4.67. The minimum atomic E-state index is -0.781. The Labute approximate surface area is 180 Å². The van der Waals surface area contributed by atoms with E-state index in [0.29, 0.717) is 29.4 Å². The highest BCUT2D eigenvalue weighted by Crippen LogP contribution is 2.48. The normalized spacial score (nSPS) is 18.9. The highest BCUT2D eigenvalue weighted by atomic mass is 16.5. The van der Waals surface area contributed by atoms with Crippen molar-refractivity contribution < 1.29 is 29.5 Å². The minimum Gasteiger partial charge on any atom is -0.508 e. The van der Waals surface area contributed by atoms with Crippen LogP contribution in [-0.2, 0) is 12.8 Å². The lowest BCUT2D eigenvalue weighted by Gasteiger charge is -2.33. The number of aliphatic hydroxyl groups excluding tert-OH is 1. The number of aromatic hydroxyl groups is 2. The van der Waals surface area contributed by atoms with Gasteiger partial charge in [-0.15, -0.1) is 0 Å². The maximum Gasteiger partial charge on any atom is 0.160 e. The summed E-state index contributed by atoms with van der Waals surface area (Å²) in [7, 11) is 3.09. The molecule has 0 fully saturated rings. The third-order valence-corrected chi connectivity index (χ3v) is 6.31. The van der Waals surface area contributed by atoms with E-state index in [-0.39, 0.29) is 17.4 Å². The van der Waals surface area contributed by atoms with Gasteiger partial charge in [-0.05, 0) is 65.4 Å². The Morgan fingerprint density at radius 2 is 1.68 bits per heavy atom. The largest absolute Gasteiger partial charge is 0.508 e. The van der Waals surface area contributed by atoms with E-state index in [1.54, 1.807) is 37.4 Å². The second-order valence-electron chi connectivity index (χ2n) is 8.02. The molecule has 160 valence electrons. The Balaban J connectivity index is 1.60. The first-order valence-corrected chi connectivity index (χ1v) is 10.2. The molecule has 0 spiro atoms. The van der Waals surface area contributed by atoms with Crippen LogP contribution in [0.5, 0.6) is 28.7 Å². The quantitative estimate of drug-likeness (QED) is 0.592. The van der Waals surface area contributed by atoms with Crippen LogP contribution in [0.25, 0.3) is 11.1 Å². The molecule has 3 aromatic carbocycles. The standard InChI is InChI=1S/C25H24O6/c1-29-22-9-14(5-6-20(22)27)19-12-31-21-8-13-3-4-15-7-16(26)10-23(30-2)24(15)17(13)11-18(21)25(19)28/h5-11,19,25-28H,3-4,12H2,1-2H3/t19-,25+/m1/s1. The van der Waals surface area contributed by atoms with Crippen LogP contribution in [0, 0.1) is 0 Å². The van der Waals surface area contributed by atoms with Crippen molar-refractivity contribution in [3.63, 3.8) is 0 Å². The lowest BCUT2D eigenvalue weighted by molar-refractivity contribution is 0.0888. The predicted octanol–water partition coefficient (Wildman–Crippen LogP) is 4.09. The molecule has 5 rings (SSSR count). The van der Waals surface area contributed by atoms with Crippen molar-refractivity contribution in [3.8, 4) is 39.9 Å². The van der Waals surface area contributed by atoms with Gasteiger partial charge in [0.1, 0.15) is 17.2 Å². The monoisotopic (exact) mass is 420 g/mol. The average molecular weight is 420 g/mol. The number of hydrogen-bond acceptors (Lipinski definition) is 6. The number of rotatable bonds is 3. The van der Waals surface area contributed by atoms with Crippen LogP contribution >= 0.6 is 0 Å². The van der Waals surface area contributed by atoms with Crippen LogP contribution in [0.2, 0.25) is 0 Å². The fourth-order valence-electron chi connectivity index (χ4n) is 4.72. The number of ether oxygens (including phenoxy) is 3. The summed E-state index contributed by atoms with van der Waals surface area (Å²) >= 11 is 0. The minimum absolute atomic E-state index is 0.0545. The van der Waals surface area contributed by atoms with Gasteiger partial charge in [-0.3, -0.25) is 0 Å². The molecule has 0 amide bonds. The maximum atomic E-state index is 11.3. The number of hydrogen-bond donors (Lipinski definition) is 3. The summed E-state index contributed by atoms with van der Waals surface area (Å²) in [4.78, 5) is 0. The lowest BCUT2D eigenvalue weighted by Crippen LogP contribution is -2.25. The maximum absolute atomic E-state index is 11.3. The molecule has 6 heteroatoms. The Morgan fingerprint density at radius 3 is 2.45 bits per heavy atom. The molecule has 0 saturated heterocycles. The summed E-state index contributed by atoms with van der Waals surface area (Å²) in [6, 6.07) is 12.5.